The summed E-state index contributed by atoms with van der Waals surface area (Å²) in [5.41, 5.74) is 1.25. The molecule has 1 unspecified atom stereocenters. The van der Waals surface area contributed by atoms with Crippen molar-refractivity contribution in [2.24, 2.45) is 0 Å². The molecule has 3 nitrogen and oxygen atoms in total. The van der Waals surface area contributed by atoms with Gasteiger partial charge in [0, 0.05) is 0 Å². The number of hydrogen-bond acceptors (Lipinski definition) is 3. The Hall–Kier alpha value is -0.380. The van der Waals surface area contributed by atoms with Gasteiger partial charge in [0.1, 0.15) is 18.3 Å². The SMILES string of the molecule is CC(C)=C[C@@H]1OC(C)(C)O[C@@H]1C1CO1. The predicted molar refractivity (Wildman–Crippen MR) is 53.0 cm³/mol. The van der Waals surface area contributed by atoms with E-state index in [-0.39, 0.29) is 18.3 Å². The van der Waals surface area contributed by atoms with Crippen molar-refractivity contribution in [1.82, 2.24) is 0 Å². The second-order valence-electron chi connectivity index (χ2n) is 4.68. The van der Waals surface area contributed by atoms with Gasteiger partial charge in [0.25, 0.3) is 0 Å². The lowest BCUT2D eigenvalue weighted by Crippen LogP contribution is -2.27. The van der Waals surface area contributed by atoms with Crippen molar-refractivity contribution in [2.75, 3.05) is 6.61 Å². The molecule has 0 saturated carbocycles. The number of hydrogen-bond donors (Lipinski definition) is 0. The highest BCUT2D eigenvalue weighted by Gasteiger charge is 2.48. The summed E-state index contributed by atoms with van der Waals surface area (Å²) in [6, 6.07) is 0. The molecule has 80 valence electrons. The lowest BCUT2D eigenvalue weighted by Gasteiger charge is -2.16. The Morgan fingerprint density at radius 1 is 1.29 bits per heavy atom. The summed E-state index contributed by atoms with van der Waals surface area (Å²) in [6.45, 7) is 8.83. The van der Waals surface area contributed by atoms with E-state index in [0.717, 1.165) is 6.61 Å². The third-order valence-electron chi connectivity index (χ3n) is 2.39. The topological polar surface area (TPSA) is 31.0 Å². The van der Waals surface area contributed by atoms with Crippen molar-refractivity contribution in [1.29, 1.82) is 0 Å². The van der Waals surface area contributed by atoms with Crippen LogP contribution in [-0.2, 0) is 14.2 Å². The van der Waals surface area contributed by atoms with Crippen LogP contribution in [0.5, 0.6) is 0 Å². The van der Waals surface area contributed by atoms with E-state index < -0.39 is 5.79 Å². The summed E-state index contributed by atoms with van der Waals surface area (Å²) in [5.74, 6) is -0.479. The van der Waals surface area contributed by atoms with Crippen LogP contribution in [0, 0.1) is 0 Å². The maximum atomic E-state index is 5.79. The van der Waals surface area contributed by atoms with E-state index in [1.807, 2.05) is 13.8 Å². The Morgan fingerprint density at radius 3 is 2.43 bits per heavy atom. The molecular formula is C11H18O3. The van der Waals surface area contributed by atoms with Crippen LogP contribution in [0.15, 0.2) is 11.6 Å². The highest BCUT2D eigenvalue weighted by molar-refractivity contribution is 5.07. The van der Waals surface area contributed by atoms with Crippen LogP contribution < -0.4 is 0 Å². The molecule has 2 heterocycles. The van der Waals surface area contributed by atoms with Crippen molar-refractivity contribution < 1.29 is 14.2 Å². The average Bonchev–Trinajstić information content (AvgIpc) is 2.76. The lowest BCUT2D eigenvalue weighted by atomic mass is 10.1. The zero-order valence-corrected chi connectivity index (χ0v) is 9.24. The van der Waals surface area contributed by atoms with Crippen molar-refractivity contribution in [3.05, 3.63) is 11.6 Å². The summed E-state index contributed by atoms with van der Waals surface area (Å²) in [6.07, 6.45) is 2.46. The minimum atomic E-state index is -0.479. The van der Waals surface area contributed by atoms with E-state index in [4.69, 9.17) is 14.2 Å². The molecule has 3 heteroatoms. The minimum absolute atomic E-state index is 0.0440. The van der Waals surface area contributed by atoms with Crippen molar-refractivity contribution in [3.8, 4) is 0 Å². The molecule has 0 aromatic heterocycles. The minimum Gasteiger partial charge on any atom is -0.370 e. The summed E-state index contributed by atoms with van der Waals surface area (Å²) in [4.78, 5) is 0. The first-order valence-electron chi connectivity index (χ1n) is 5.10. The van der Waals surface area contributed by atoms with E-state index in [2.05, 4.69) is 19.9 Å². The van der Waals surface area contributed by atoms with Crippen LogP contribution in [0.25, 0.3) is 0 Å². The van der Waals surface area contributed by atoms with E-state index in [1.54, 1.807) is 0 Å². The van der Waals surface area contributed by atoms with Gasteiger partial charge in [-0.05, 0) is 27.7 Å². The van der Waals surface area contributed by atoms with Crippen LogP contribution in [0.2, 0.25) is 0 Å². The molecule has 0 radical (unpaired) electrons. The zero-order valence-electron chi connectivity index (χ0n) is 9.24. The van der Waals surface area contributed by atoms with E-state index >= 15 is 0 Å². The summed E-state index contributed by atoms with van der Waals surface area (Å²) >= 11 is 0. The third-order valence-corrected chi connectivity index (χ3v) is 2.39. The van der Waals surface area contributed by atoms with Gasteiger partial charge in [-0.1, -0.05) is 11.6 Å². The smallest absolute Gasteiger partial charge is 0.164 e. The molecule has 2 fully saturated rings. The summed E-state index contributed by atoms with van der Waals surface area (Å²) < 4.78 is 16.9. The fraction of sp³-hybridized carbons (Fsp3) is 0.818. The molecular weight excluding hydrogens is 180 g/mol. The number of allylic oxidation sites excluding steroid dienone is 1. The molecule has 0 aliphatic carbocycles. The fourth-order valence-corrected chi connectivity index (χ4v) is 1.81. The van der Waals surface area contributed by atoms with Gasteiger partial charge in [0.2, 0.25) is 0 Å². The molecule has 2 aliphatic heterocycles. The first-order valence-corrected chi connectivity index (χ1v) is 5.10. The summed E-state index contributed by atoms with van der Waals surface area (Å²) in [7, 11) is 0. The number of rotatable bonds is 2. The Balaban J connectivity index is 2.09. The average molecular weight is 198 g/mol. The van der Waals surface area contributed by atoms with E-state index in [1.165, 1.54) is 5.57 Å². The standard InChI is InChI=1S/C11H18O3/c1-7(2)5-8-10(9-6-12-9)14-11(3,4)13-8/h5,8-10H,6H2,1-4H3/t8-,9?,10-/m0/s1. The van der Waals surface area contributed by atoms with Gasteiger partial charge >= 0.3 is 0 Å². The van der Waals surface area contributed by atoms with E-state index in [9.17, 15) is 0 Å². The van der Waals surface area contributed by atoms with Gasteiger partial charge in [-0.25, -0.2) is 0 Å². The molecule has 0 aromatic carbocycles. The first kappa shape index (κ1) is 10.1. The highest BCUT2D eigenvalue weighted by Crippen LogP contribution is 2.35. The molecule has 0 aromatic rings. The largest absolute Gasteiger partial charge is 0.370 e. The maximum Gasteiger partial charge on any atom is 0.164 e. The molecule has 0 bridgehead atoms. The highest BCUT2D eigenvalue weighted by atomic mass is 16.8. The van der Waals surface area contributed by atoms with Crippen molar-refractivity contribution in [2.45, 2.75) is 51.8 Å². The normalized spacial score (nSPS) is 39.6. The Morgan fingerprint density at radius 2 is 1.93 bits per heavy atom. The van der Waals surface area contributed by atoms with Gasteiger partial charge in [-0.3, -0.25) is 0 Å². The van der Waals surface area contributed by atoms with Crippen LogP contribution >= 0.6 is 0 Å². The van der Waals surface area contributed by atoms with Crippen LogP contribution in [-0.4, -0.2) is 30.7 Å². The van der Waals surface area contributed by atoms with Gasteiger partial charge in [0.15, 0.2) is 5.79 Å². The summed E-state index contributed by atoms with van der Waals surface area (Å²) in [5, 5.41) is 0. The quantitative estimate of drug-likeness (QED) is 0.501. The van der Waals surface area contributed by atoms with Gasteiger partial charge in [-0.2, -0.15) is 0 Å². The first-order chi connectivity index (χ1) is 6.48. The van der Waals surface area contributed by atoms with Crippen LogP contribution in [0.4, 0.5) is 0 Å². The van der Waals surface area contributed by atoms with Gasteiger partial charge < -0.3 is 14.2 Å². The van der Waals surface area contributed by atoms with E-state index in [0.29, 0.717) is 0 Å². The van der Waals surface area contributed by atoms with Crippen LogP contribution in [0.3, 0.4) is 0 Å². The van der Waals surface area contributed by atoms with Gasteiger partial charge in [-0.15, -0.1) is 0 Å². The molecule has 0 spiro atoms. The third kappa shape index (κ3) is 2.16. The number of epoxide rings is 1. The monoisotopic (exact) mass is 198 g/mol. The predicted octanol–water partition coefficient (Wildman–Crippen LogP) is 1.87. The van der Waals surface area contributed by atoms with Crippen molar-refractivity contribution in [3.63, 3.8) is 0 Å². The molecule has 2 saturated heterocycles. The second kappa shape index (κ2) is 3.33. The lowest BCUT2D eigenvalue weighted by molar-refractivity contribution is -0.144. The molecule has 0 N–H and O–H groups in total. The molecule has 14 heavy (non-hydrogen) atoms. The van der Waals surface area contributed by atoms with Gasteiger partial charge in [0.05, 0.1) is 6.61 Å². The molecule has 3 atom stereocenters. The van der Waals surface area contributed by atoms with Crippen molar-refractivity contribution >= 4 is 0 Å². The molecule has 0 amide bonds. The number of ether oxygens (including phenoxy) is 3. The second-order valence-corrected chi connectivity index (χ2v) is 4.68. The fourth-order valence-electron chi connectivity index (χ4n) is 1.81. The Bertz CT molecular complexity index is 249. The Kier molecular flexibility index (Phi) is 2.41. The maximum absolute atomic E-state index is 5.79. The molecule has 2 rings (SSSR count). The van der Waals surface area contributed by atoms with Crippen LogP contribution in [0.1, 0.15) is 27.7 Å². The molecule has 2 aliphatic rings. The Labute approximate surface area is 85.0 Å². The zero-order chi connectivity index (χ0) is 10.3.